The summed E-state index contributed by atoms with van der Waals surface area (Å²) in [6.07, 6.45) is 1.44. The van der Waals surface area contributed by atoms with Crippen molar-refractivity contribution in [3.8, 4) is 0 Å². The van der Waals surface area contributed by atoms with Crippen molar-refractivity contribution in [1.82, 2.24) is 4.90 Å². The number of rotatable bonds is 5. The number of nitrogens with two attached hydrogens (primary N) is 1. The highest BCUT2D eigenvalue weighted by Gasteiger charge is 2.33. The molecule has 1 aliphatic heterocycles. The first-order valence-electron chi connectivity index (χ1n) is 7.98. The summed E-state index contributed by atoms with van der Waals surface area (Å²) in [4.78, 5) is 37.8. The Kier molecular flexibility index (Phi) is 5.19. The molecule has 0 saturated carbocycles. The van der Waals surface area contributed by atoms with E-state index in [9.17, 15) is 14.4 Å². The van der Waals surface area contributed by atoms with E-state index in [4.69, 9.17) is 5.73 Å². The number of nitrogens with zero attached hydrogens (tertiary/aromatic N) is 1. The van der Waals surface area contributed by atoms with E-state index in [0.29, 0.717) is 25.9 Å². The van der Waals surface area contributed by atoms with Gasteiger partial charge in [-0.15, -0.1) is 0 Å². The number of likely N-dealkylation sites (tertiary alicyclic amines) is 1. The topological polar surface area (TPSA) is 80.5 Å². The zero-order valence-corrected chi connectivity index (χ0v) is 13.7. The van der Waals surface area contributed by atoms with Crippen molar-refractivity contribution in [2.24, 2.45) is 17.1 Å². The van der Waals surface area contributed by atoms with Gasteiger partial charge in [0, 0.05) is 31.0 Å². The third-order valence-corrected chi connectivity index (χ3v) is 4.54. The summed E-state index contributed by atoms with van der Waals surface area (Å²) in [7, 11) is 0. The molecule has 1 aliphatic rings. The van der Waals surface area contributed by atoms with Crippen molar-refractivity contribution in [1.29, 1.82) is 0 Å². The van der Waals surface area contributed by atoms with E-state index in [2.05, 4.69) is 0 Å². The summed E-state index contributed by atoms with van der Waals surface area (Å²) >= 11 is 0. The van der Waals surface area contributed by atoms with E-state index in [0.717, 1.165) is 5.56 Å². The molecule has 0 atom stereocenters. The second-order valence-corrected chi connectivity index (χ2v) is 6.81. The second-order valence-electron chi connectivity index (χ2n) is 6.81. The second kappa shape index (κ2) is 6.94. The minimum Gasteiger partial charge on any atom is -0.369 e. The van der Waals surface area contributed by atoms with Gasteiger partial charge >= 0.3 is 0 Å². The molecule has 5 nitrogen and oxygen atoms in total. The number of carbonyl (C=O) groups excluding carboxylic acids is 3. The average molecular weight is 316 g/mol. The molecule has 1 aromatic rings. The molecule has 0 unspecified atom stereocenters. The van der Waals surface area contributed by atoms with Crippen LogP contribution in [0.3, 0.4) is 0 Å². The number of Topliss-reactive ketones (excluding diaryl/α,β-unsaturated/α-hetero) is 1. The molecule has 5 heteroatoms. The molecule has 0 aliphatic carbocycles. The summed E-state index contributed by atoms with van der Waals surface area (Å²) < 4.78 is 0. The third-order valence-electron chi connectivity index (χ3n) is 4.54. The van der Waals surface area contributed by atoms with Crippen molar-refractivity contribution in [2.75, 3.05) is 13.1 Å². The SMILES string of the molecule is CC(C)(CC(=O)N1CCC(C(=O)c2ccccc2)CC1)C(N)=O. The highest BCUT2D eigenvalue weighted by Crippen LogP contribution is 2.25. The van der Waals surface area contributed by atoms with Crippen molar-refractivity contribution < 1.29 is 14.4 Å². The van der Waals surface area contributed by atoms with Gasteiger partial charge in [0.15, 0.2) is 5.78 Å². The summed E-state index contributed by atoms with van der Waals surface area (Å²) in [5.74, 6) is -0.430. The summed E-state index contributed by atoms with van der Waals surface area (Å²) in [5.41, 5.74) is 5.21. The van der Waals surface area contributed by atoms with E-state index >= 15 is 0 Å². The van der Waals surface area contributed by atoms with Gasteiger partial charge in [-0.25, -0.2) is 0 Å². The maximum Gasteiger partial charge on any atom is 0.223 e. The molecule has 1 aromatic carbocycles. The Morgan fingerprint density at radius 2 is 1.70 bits per heavy atom. The molecule has 1 heterocycles. The van der Waals surface area contributed by atoms with Crippen molar-refractivity contribution in [3.05, 3.63) is 35.9 Å². The van der Waals surface area contributed by atoms with Crippen LogP contribution in [-0.2, 0) is 9.59 Å². The number of ketones is 1. The number of primary amides is 1. The van der Waals surface area contributed by atoms with Crippen LogP contribution in [0.5, 0.6) is 0 Å². The number of hydrogen-bond donors (Lipinski definition) is 1. The summed E-state index contributed by atoms with van der Waals surface area (Å²) in [6.45, 7) is 4.46. The first kappa shape index (κ1) is 17.2. The molecule has 1 saturated heterocycles. The van der Waals surface area contributed by atoms with Gasteiger partial charge in [-0.1, -0.05) is 44.2 Å². The monoisotopic (exact) mass is 316 g/mol. The molecular formula is C18H24N2O3. The van der Waals surface area contributed by atoms with Crippen LogP contribution in [0.2, 0.25) is 0 Å². The molecule has 2 amide bonds. The largest absolute Gasteiger partial charge is 0.369 e. The Labute approximate surface area is 136 Å². The highest BCUT2D eigenvalue weighted by atomic mass is 16.2. The highest BCUT2D eigenvalue weighted by molar-refractivity contribution is 5.98. The fourth-order valence-electron chi connectivity index (χ4n) is 2.81. The molecular weight excluding hydrogens is 292 g/mol. The van der Waals surface area contributed by atoms with Crippen LogP contribution in [0, 0.1) is 11.3 Å². The minimum absolute atomic E-state index is 0.0365. The van der Waals surface area contributed by atoms with Crippen LogP contribution in [0.4, 0.5) is 0 Å². The van der Waals surface area contributed by atoms with Crippen LogP contribution in [0.25, 0.3) is 0 Å². The Morgan fingerprint density at radius 1 is 1.13 bits per heavy atom. The molecule has 0 bridgehead atoms. The Hall–Kier alpha value is -2.17. The van der Waals surface area contributed by atoms with Gasteiger partial charge in [0.05, 0.1) is 5.41 Å². The molecule has 2 N–H and O–H groups in total. The molecule has 0 aromatic heterocycles. The zero-order valence-electron chi connectivity index (χ0n) is 13.7. The summed E-state index contributed by atoms with van der Waals surface area (Å²) in [5, 5.41) is 0. The van der Waals surface area contributed by atoms with Gasteiger partial charge in [0.1, 0.15) is 0 Å². The van der Waals surface area contributed by atoms with E-state index in [1.54, 1.807) is 18.7 Å². The van der Waals surface area contributed by atoms with E-state index in [1.165, 1.54) is 0 Å². The fraction of sp³-hybridized carbons (Fsp3) is 0.500. The Bertz CT molecular complexity index is 588. The number of piperidine rings is 1. The molecule has 0 spiro atoms. The molecule has 23 heavy (non-hydrogen) atoms. The lowest BCUT2D eigenvalue weighted by molar-refractivity contribution is -0.139. The van der Waals surface area contributed by atoms with Crippen molar-refractivity contribution in [3.63, 3.8) is 0 Å². The van der Waals surface area contributed by atoms with Crippen LogP contribution in [0.1, 0.15) is 43.5 Å². The number of carbonyl (C=O) groups is 3. The van der Waals surface area contributed by atoms with Crippen molar-refractivity contribution >= 4 is 17.6 Å². The number of amides is 2. The molecule has 1 fully saturated rings. The lowest BCUT2D eigenvalue weighted by Gasteiger charge is -2.33. The fourth-order valence-corrected chi connectivity index (χ4v) is 2.81. The third kappa shape index (κ3) is 4.18. The normalized spacial score (nSPS) is 16.2. The standard InChI is InChI=1S/C18H24N2O3/c1-18(2,17(19)23)12-15(21)20-10-8-14(9-11-20)16(22)13-6-4-3-5-7-13/h3-7,14H,8-12H2,1-2H3,(H2,19,23). The van der Waals surface area contributed by atoms with Crippen LogP contribution in [-0.4, -0.2) is 35.6 Å². The van der Waals surface area contributed by atoms with E-state index in [1.807, 2.05) is 30.3 Å². The van der Waals surface area contributed by atoms with Gasteiger partial charge in [-0.05, 0) is 12.8 Å². The van der Waals surface area contributed by atoms with Gasteiger partial charge in [0.2, 0.25) is 11.8 Å². The summed E-state index contributed by atoms with van der Waals surface area (Å²) in [6, 6.07) is 9.26. The molecule has 2 rings (SSSR count). The van der Waals surface area contributed by atoms with Gasteiger partial charge < -0.3 is 10.6 Å². The number of hydrogen-bond acceptors (Lipinski definition) is 3. The van der Waals surface area contributed by atoms with E-state index in [-0.39, 0.29) is 24.0 Å². The zero-order chi connectivity index (χ0) is 17.0. The first-order chi connectivity index (χ1) is 10.8. The molecule has 0 radical (unpaired) electrons. The van der Waals surface area contributed by atoms with Crippen LogP contribution in [0.15, 0.2) is 30.3 Å². The minimum atomic E-state index is -0.839. The van der Waals surface area contributed by atoms with Crippen molar-refractivity contribution in [2.45, 2.75) is 33.1 Å². The predicted octanol–water partition coefficient (Wildman–Crippen LogP) is 2.01. The van der Waals surface area contributed by atoms with E-state index < -0.39 is 11.3 Å². The Morgan fingerprint density at radius 3 is 2.22 bits per heavy atom. The smallest absolute Gasteiger partial charge is 0.223 e. The number of benzene rings is 1. The average Bonchev–Trinajstić information content (AvgIpc) is 2.54. The van der Waals surface area contributed by atoms with Gasteiger partial charge in [-0.2, -0.15) is 0 Å². The predicted molar refractivity (Wildman–Crippen MR) is 87.7 cm³/mol. The quantitative estimate of drug-likeness (QED) is 0.844. The van der Waals surface area contributed by atoms with Gasteiger partial charge in [-0.3, -0.25) is 14.4 Å². The van der Waals surface area contributed by atoms with Crippen LogP contribution < -0.4 is 5.73 Å². The van der Waals surface area contributed by atoms with Gasteiger partial charge in [0.25, 0.3) is 0 Å². The maximum atomic E-state index is 12.4. The lowest BCUT2D eigenvalue weighted by Crippen LogP contribution is -2.43. The lowest BCUT2D eigenvalue weighted by atomic mass is 9.86. The molecule has 124 valence electrons. The maximum absolute atomic E-state index is 12.4. The first-order valence-corrected chi connectivity index (χ1v) is 7.98. The van der Waals surface area contributed by atoms with Crippen LogP contribution >= 0.6 is 0 Å². The Balaban J connectivity index is 1.90.